The molecule has 0 radical (unpaired) electrons. The highest BCUT2D eigenvalue weighted by Crippen LogP contribution is 2.21. The lowest BCUT2D eigenvalue weighted by Crippen LogP contribution is -2.07. The Morgan fingerprint density at radius 3 is 2.71 bits per heavy atom. The number of carbonyl (C=O) groups excluding carboxylic acids is 1. The quantitative estimate of drug-likeness (QED) is 0.622. The Kier molecular flexibility index (Phi) is 4.09. The Balaban J connectivity index is 3.23. The van der Waals surface area contributed by atoms with Gasteiger partial charge >= 0.3 is 5.97 Å². The van der Waals surface area contributed by atoms with Crippen LogP contribution in [0.15, 0.2) is 17.8 Å². The highest BCUT2D eigenvalue weighted by atomic mass is 19.1. The zero-order valence-corrected chi connectivity index (χ0v) is 9.79. The zero-order chi connectivity index (χ0) is 13.0. The number of nitrogens with two attached hydrogens (primary N) is 2. The van der Waals surface area contributed by atoms with Crippen molar-refractivity contribution in [3.63, 3.8) is 0 Å². The molecule has 0 saturated heterocycles. The number of anilines is 1. The van der Waals surface area contributed by atoms with Crippen molar-refractivity contribution in [3.05, 3.63) is 34.8 Å². The van der Waals surface area contributed by atoms with Crippen LogP contribution in [0.1, 0.15) is 29.8 Å². The third-order valence-corrected chi connectivity index (χ3v) is 2.06. The average molecular weight is 238 g/mol. The first-order chi connectivity index (χ1) is 7.95. The summed E-state index contributed by atoms with van der Waals surface area (Å²) in [4.78, 5) is 11.5. The van der Waals surface area contributed by atoms with Crippen LogP contribution in [0.5, 0.6) is 0 Å². The van der Waals surface area contributed by atoms with Crippen LogP contribution in [-0.4, -0.2) is 12.6 Å². The number of halogens is 1. The molecule has 1 aromatic rings. The van der Waals surface area contributed by atoms with E-state index in [0.717, 1.165) is 6.07 Å². The minimum atomic E-state index is -0.664. The van der Waals surface area contributed by atoms with E-state index in [1.807, 2.05) is 0 Å². The van der Waals surface area contributed by atoms with Crippen LogP contribution in [0.4, 0.5) is 10.1 Å². The van der Waals surface area contributed by atoms with Crippen molar-refractivity contribution in [2.45, 2.75) is 13.8 Å². The van der Waals surface area contributed by atoms with Gasteiger partial charge in [-0.25, -0.2) is 9.18 Å². The molecule has 4 N–H and O–H groups in total. The van der Waals surface area contributed by atoms with Crippen molar-refractivity contribution >= 4 is 17.7 Å². The van der Waals surface area contributed by atoms with Gasteiger partial charge in [-0.2, -0.15) is 0 Å². The minimum absolute atomic E-state index is 0.0390. The van der Waals surface area contributed by atoms with Crippen molar-refractivity contribution in [2.75, 3.05) is 12.3 Å². The second-order valence-electron chi connectivity index (χ2n) is 3.57. The highest BCUT2D eigenvalue weighted by molar-refractivity contribution is 5.91. The van der Waals surface area contributed by atoms with E-state index < -0.39 is 11.8 Å². The van der Waals surface area contributed by atoms with Crippen LogP contribution in [0, 0.1) is 5.82 Å². The maximum Gasteiger partial charge on any atom is 0.338 e. The molecule has 0 bridgehead atoms. The number of rotatable bonds is 3. The lowest BCUT2D eigenvalue weighted by atomic mass is 10.1. The first-order valence-electron chi connectivity index (χ1n) is 5.15. The van der Waals surface area contributed by atoms with Gasteiger partial charge in [-0.1, -0.05) is 0 Å². The zero-order valence-electron chi connectivity index (χ0n) is 9.79. The molecule has 5 heteroatoms. The molecule has 1 rings (SSSR count). The summed E-state index contributed by atoms with van der Waals surface area (Å²) >= 11 is 0. The number of nitrogen functional groups attached to an aromatic ring is 1. The lowest BCUT2D eigenvalue weighted by Gasteiger charge is -2.07. The Hall–Kier alpha value is -2.04. The number of hydrogen-bond donors (Lipinski definition) is 2. The van der Waals surface area contributed by atoms with E-state index in [9.17, 15) is 9.18 Å². The van der Waals surface area contributed by atoms with Gasteiger partial charge in [0.15, 0.2) is 0 Å². The van der Waals surface area contributed by atoms with Crippen molar-refractivity contribution in [3.8, 4) is 0 Å². The van der Waals surface area contributed by atoms with Gasteiger partial charge in [-0.15, -0.1) is 0 Å². The van der Waals surface area contributed by atoms with Crippen LogP contribution < -0.4 is 11.5 Å². The third-order valence-electron chi connectivity index (χ3n) is 2.06. The van der Waals surface area contributed by atoms with E-state index in [-0.39, 0.29) is 17.9 Å². The number of hydrogen-bond acceptors (Lipinski definition) is 4. The molecule has 92 valence electrons. The monoisotopic (exact) mass is 238 g/mol. The summed E-state index contributed by atoms with van der Waals surface area (Å²) in [5.74, 6) is -1.25. The normalized spacial score (nSPS) is 11.4. The maximum absolute atomic E-state index is 13.5. The highest BCUT2D eigenvalue weighted by Gasteiger charge is 2.12. The number of ether oxygens (including phenoxy) is 1. The Bertz CT molecular complexity index is 466. The predicted octanol–water partition coefficient (Wildman–Crippen LogP) is 1.90. The molecule has 0 fully saturated rings. The average Bonchev–Trinajstić information content (AvgIpc) is 2.24. The Labute approximate surface area is 99.1 Å². The van der Waals surface area contributed by atoms with Crippen molar-refractivity contribution in [1.82, 2.24) is 0 Å². The summed E-state index contributed by atoms with van der Waals surface area (Å²) in [6.45, 7) is 3.55. The molecule has 0 aliphatic carbocycles. The number of benzene rings is 1. The Morgan fingerprint density at radius 2 is 2.18 bits per heavy atom. The molecule has 1 aromatic carbocycles. The molecule has 0 amide bonds. The molecule has 0 aliphatic rings. The summed E-state index contributed by atoms with van der Waals surface area (Å²) in [6, 6.07) is 2.50. The topological polar surface area (TPSA) is 78.3 Å². The second-order valence-corrected chi connectivity index (χ2v) is 3.57. The van der Waals surface area contributed by atoms with Gasteiger partial charge in [0.2, 0.25) is 0 Å². The van der Waals surface area contributed by atoms with E-state index in [4.69, 9.17) is 16.2 Å². The molecule has 4 nitrogen and oxygen atoms in total. The van der Waals surface area contributed by atoms with Gasteiger partial charge in [-0.05, 0) is 32.1 Å². The maximum atomic E-state index is 13.5. The third kappa shape index (κ3) is 3.21. The van der Waals surface area contributed by atoms with Gasteiger partial charge in [0.1, 0.15) is 5.82 Å². The first-order valence-corrected chi connectivity index (χ1v) is 5.15. The summed E-state index contributed by atoms with van der Waals surface area (Å²) in [7, 11) is 0. The van der Waals surface area contributed by atoms with E-state index in [0.29, 0.717) is 11.3 Å². The SMILES string of the molecule is CCOC(=O)c1cc(F)c(N)c(/C=C(/C)N)c1. The standard InChI is InChI=1S/C12H15FN2O2/c1-3-17-12(16)9-5-8(4-7(2)14)11(15)10(13)6-9/h4-6H,3,14-15H2,1-2H3/b7-4-. The van der Waals surface area contributed by atoms with Crippen LogP contribution in [0.25, 0.3) is 6.08 Å². The van der Waals surface area contributed by atoms with E-state index in [1.165, 1.54) is 12.1 Å². The molecule has 0 aliphatic heterocycles. The largest absolute Gasteiger partial charge is 0.462 e. The second kappa shape index (κ2) is 5.34. The fraction of sp³-hybridized carbons (Fsp3) is 0.250. The van der Waals surface area contributed by atoms with Gasteiger partial charge in [0.05, 0.1) is 17.9 Å². The fourth-order valence-corrected chi connectivity index (χ4v) is 1.34. The molecule has 0 spiro atoms. The van der Waals surface area contributed by atoms with Crippen LogP contribution in [-0.2, 0) is 4.74 Å². The smallest absolute Gasteiger partial charge is 0.338 e. The van der Waals surface area contributed by atoms with Gasteiger partial charge in [-0.3, -0.25) is 0 Å². The Morgan fingerprint density at radius 1 is 1.53 bits per heavy atom. The van der Waals surface area contributed by atoms with Crippen LogP contribution in [0.2, 0.25) is 0 Å². The van der Waals surface area contributed by atoms with Crippen molar-refractivity contribution in [2.24, 2.45) is 5.73 Å². The van der Waals surface area contributed by atoms with Gasteiger partial charge in [0, 0.05) is 11.3 Å². The molecule has 0 aromatic heterocycles. The molecule has 0 unspecified atom stereocenters. The van der Waals surface area contributed by atoms with E-state index in [2.05, 4.69) is 0 Å². The minimum Gasteiger partial charge on any atom is -0.462 e. The van der Waals surface area contributed by atoms with E-state index >= 15 is 0 Å². The van der Waals surface area contributed by atoms with Crippen molar-refractivity contribution in [1.29, 1.82) is 0 Å². The molecular formula is C12H15FN2O2. The number of allylic oxidation sites excluding steroid dienone is 1. The molecule has 0 atom stereocenters. The fourth-order valence-electron chi connectivity index (χ4n) is 1.34. The van der Waals surface area contributed by atoms with Crippen LogP contribution >= 0.6 is 0 Å². The molecular weight excluding hydrogens is 223 g/mol. The predicted molar refractivity (Wildman–Crippen MR) is 64.6 cm³/mol. The molecule has 0 heterocycles. The first kappa shape index (κ1) is 13.0. The van der Waals surface area contributed by atoms with Gasteiger partial charge in [0.25, 0.3) is 0 Å². The summed E-state index contributed by atoms with van der Waals surface area (Å²) < 4.78 is 18.3. The summed E-state index contributed by atoms with van der Waals surface area (Å²) in [5, 5.41) is 0. The molecule has 17 heavy (non-hydrogen) atoms. The summed E-state index contributed by atoms with van der Waals surface area (Å²) in [5.41, 5.74) is 12.0. The lowest BCUT2D eigenvalue weighted by molar-refractivity contribution is 0.0526. The van der Waals surface area contributed by atoms with E-state index in [1.54, 1.807) is 13.8 Å². The summed E-state index contributed by atoms with van der Waals surface area (Å²) in [6.07, 6.45) is 1.50. The van der Waals surface area contributed by atoms with Crippen LogP contribution in [0.3, 0.4) is 0 Å². The van der Waals surface area contributed by atoms with Crippen molar-refractivity contribution < 1.29 is 13.9 Å². The number of carbonyl (C=O) groups is 1. The van der Waals surface area contributed by atoms with Gasteiger partial charge < -0.3 is 16.2 Å². The number of esters is 1. The molecule has 0 saturated carbocycles.